The van der Waals surface area contributed by atoms with Gasteiger partial charge in [0.1, 0.15) is 0 Å². The van der Waals surface area contributed by atoms with Crippen molar-refractivity contribution >= 4 is 40.7 Å². The van der Waals surface area contributed by atoms with Crippen molar-refractivity contribution in [2.24, 2.45) is 0 Å². The number of nitro benzene ring substituents is 1. The summed E-state index contributed by atoms with van der Waals surface area (Å²) in [7, 11) is 0. The number of benzene rings is 3. The SMILES string of the molecule is O=C(CNC(=O)c1ccccc1NC(=O)c1ccc([N+](=O)[O-])cc1Cl)NCc1ccccc1. The number of amides is 3. The molecule has 3 aromatic rings. The van der Waals surface area contributed by atoms with Crippen LogP contribution < -0.4 is 16.0 Å². The van der Waals surface area contributed by atoms with Crippen LogP contribution in [0.1, 0.15) is 26.3 Å². The third-order valence-electron chi connectivity index (χ3n) is 4.57. The van der Waals surface area contributed by atoms with Gasteiger partial charge in [0, 0.05) is 18.7 Å². The molecule has 0 aliphatic heterocycles. The van der Waals surface area contributed by atoms with Gasteiger partial charge < -0.3 is 16.0 Å². The zero-order chi connectivity index (χ0) is 23.8. The molecule has 0 bridgehead atoms. The van der Waals surface area contributed by atoms with Gasteiger partial charge in [-0.1, -0.05) is 54.1 Å². The highest BCUT2D eigenvalue weighted by Crippen LogP contribution is 2.24. The van der Waals surface area contributed by atoms with Gasteiger partial charge in [-0.15, -0.1) is 0 Å². The fraction of sp³-hybridized carbons (Fsp3) is 0.0870. The lowest BCUT2D eigenvalue weighted by atomic mass is 10.1. The van der Waals surface area contributed by atoms with E-state index < -0.39 is 16.7 Å². The zero-order valence-electron chi connectivity index (χ0n) is 17.2. The zero-order valence-corrected chi connectivity index (χ0v) is 18.0. The third-order valence-corrected chi connectivity index (χ3v) is 4.88. The van der Waals surface area contributed by atoms with Crippen molar-refractivity contribution in [3.63, 3.8) is 0 Å². The van der Waals surface area contributed by atoms with Gasteiger partial charge in [-0.2, -0.15) is 0 Å². The van der Waals surface area contributed by atoms with Gasteiger partial charge in [-0.25, -0.2) is 0 Å². The molecule has 10 heteroatoms. The molecule has 0 aliphatic carbocycles. The first kappa shape index (κ1) is 23.4. The van der Waals surface area contributed by atoms with Crippen molar-refractivity contribution in [2.45, 2.75) is 6.54 Å². The standard InChI is InChI=1S/C23H19ClN4O5/c24-19-12-16(28(32)33)10-11-17(19)23(31)27-20-9-5-4-8-18(20)22(30)26-14-21(29)25-13-15-6-2-1-3-7-15/h1-12H,13-14H2,(H,25,29)(H,26,30)(H,27,31). The maximum atomic E-state index is 12.6. The van der Waals surface area contributed by atoms with E-state index in [1.54, 1.807) is 12.1 Å². The van der Waals surface area contributed by atoms with E-state index in [9.17, 15) is 24.5 Å². The Kier molecular flexibility index (Phi) is 7.72. The molecule has 0 fully saturated rings. The molecule has 3 amide bonds. The van der Waals surface area contributed by atoms with Crippen molar-refractivity contribution in [1.29, 1.82) is 0 Å². The van der Waals surface area contributed by atoms with E-state index in [4.69, 9.17) is 11.6 Å². The Morgan fingerprint density at radius 2 is 1.55 bits per heavy atom. The largest absolute Gasteiger partial charge is 0.350 e. The first-order chi connectivity index (χ1) is 15.8. The Hall–Kier alpha value is -4.24. The Morgan fingerprint density at radius 1 is 0.848 bits per heavy atom. The average molecular weight is 467 g/mol. The van der Waals surface area contributed by atoms with E-state index in [0.29, 0.717) is 6.54 Å². The number of halogens is 1. The predicted molar refractivity (Wildman–Crippen MR) is 123 cm³/mol. The van der Waals surface area contributed by atoms with Crippen LogP contribution in [0.25, 0.3) is 0 Å². The molecule has 168 valence electrons. The van der Waals surface area contributed by atoms with Crippen LogP contribution in [0.3, 0.4) is 0 Å². The van der Waals surface area contributed by atoms with Crippen LogP contribution >= 0.6 is 11.6 Å². The minimum absolute atomic E-state index is 0.0118. The van der Waals surface area contributed by atoms with Gasteiger partial charge >= 0.3 is 0 Å². The van der Waals surface area contributed by atoms with Crippen LogP contribution in [0.15, 0.2) is 72.8 Å². The van der Waals surface area contributed by atoms with Crippen LogP contribution in [0, 0.1) is 10.1 Å². The van der Waals surface area contributed by atoms with Gasteiger partial charge in [0.25, 0.3) is 17.5 Å². The number of hydrogen-bond donors (Lipinski definition) is 3. The number of anilines is 1. The fourth-order valence-electron chi connectivity index (χ4n) is 2.90. The molecule has 33 heavy (non-hydrogen) atoms. The van der Waals surface area contributed by atoms with Gasteiger partial charge in [-0.3, -0.25) is 24.5 Å². The number of nitrogens with zero attached hydrogens (tertiary/aromatic N) is 1. The monoisotopic (exact) mass is 466 g/mol. The third kappa shape index (κ3) is 6.37. The summed E-state index contributed by atoms with van der Waals surface area (Å²) in [6.07, 6.45) is 0. The van der Waals surface area contributed by atoms with Crippen LogP contribution in [0.5, 0.6) is 0 Å². The molecular weight excluding hydrogens is 448 g/mol. The number of para-hydroxylation sites is 1. The van der Waals surface area contributed by atoms with E-state index in [2.05, 4.69) is 16.0 Å². The van der Waals surface area contributed by atoms with Crippen molar-refractivity contribution in [1.82, 2.24) is 10.6 Å². The maximum absolute atomic E-state index is 12.6. The lowest BCUT2D eigenvalue weighted by Crippen LogP contribution is -2.36. The molecule has 0 unspecified atom stereocenters. The lowest BCUT2D eigenvalue weighted by Gasteiger charge is -2.12. The number of non-ortho nitro benzene ring substituents is 1. The number of carbonyl (C=O) groups is 3. The average Bonchev–Trinajstić information content (AvgIpc) is 2.82. The molecule has 3 N–H and O–H groups in total. The minimum Gasteiger partial charge on any atom is -0.350 e. The Morgan fingerprint density at radius 3 is 2.24 bits per heavy atom. The Bertz CT molecular complexity index is 1200. The summed E-state index contributed by atoms with van der Waals surface area (Å²) in [4.78, 5) is 47.5. The highest BCUT2D eigenvalue weighted by Gasteiger charge is 2.18. The molecule has 0 heterocycles. The summed E-state index contributed by atoms with van der Waals surface area (Å²) in [5.74, 6) is -1.57. The fourth-order valence-corrected chi connectivity index (χ4v) is 3.16. The van der Waals surface area contributed by atoms with E-state index in [-0.39, 0.29) is 40.0 Å². The van der Waals surface area contributed by atoms with E-state index in [1.165, 1.54) is 18.2 Å². The molecule has 0 aliphatic rings. The summed E-state index contributed by atoms with van der Waals surface area (Å²) in [6, 6.07) is 19.0. The smallest absolute Gasteiger partial charge is 0.270 e. The molecule has 0 saturated heterocycles. The van der Waals surface area contributed by atoms with Gasteiger partial charge in [0.05, 0.1) is 33.3 Å². The first-order valence-corrected chi connectivity index (χ1v) is 10.2. The van der Waals surface area contributed by atoms with Crippen LogP contribution in [0.2, 0.25) is 5.02 Å². The van der Waals surface area contributed by atoms with Gasteiger partial charge in [-0.05, 0) is 23.8 Å². The molecule has 0 radical (unpaired) electrons. The quantitative estimate of drug-likeness (QED) is 0.345. The number of rotatable bonds is 8. The van der Waals surface area contributed by atoms with E-state index in [1.807, 2.05) is 30.3 Å². The minimum atomic E-state index is -0.643. The Balaban J connectivity index is 1.62. The van der Waals surface area contributed by atoms with Crippen LogP contribution in [0.4, 0.5) is 11.4 Å². The lowest BCUT2D eigenvalue weighted by molar-refractivity contribution is -0.384. The van der Waals surface area contributed by atoms with Gasteiger partial charge in [0.15, 0.2) is 0 Å². The van der Waals surface area contributed by atoms with Crippen molar-refractivity contribution < 1.29 is 19.3 Å². The second-order valence-corrected chi connectivity index (χ2v) is 7.27. The number of nitrogens with one attached hydrogen (secondary N) is 3. The topological polar surface area (TPSA) is 130 Å². The number of carbonyl (C=O) groups excluding carboxylic acids is 3. The maximum Gasteiger partial charge on any atom is 0.270 e. The van der Waals surface area contributed by atoms with E-state index in [0.717, 1.165) is 17.7 Å². The van der Waals surface area contributed by atoms with E-state index >= 15 is 0 Å². The molecule has 0 spiro atoms. The molecule has 9 nitrogen and oxygen atoms in total. The van der Waals surface area contributed by atoms with Crippen molar-refractivity contribution in [2.75, 3.05) is 11.9 Å². The summed E-state index contributed by atoms with van der Waals surface area (Å²) in [5, 5.41) is 18.5. The normalized spacial score (nSPS) is 10.2. The number of hydrogen-bond acceptors (Lipinski definition) is 5. The first-order valence-electron chi connectivity index (χ1n) is 9.78. The highest BCUT2D eigenvalue weighted by molar-refractivity contribution is 6.34. The predicted octanol–water partition coefficient (Wildman–Crippen LogP) is 3.55. The summed E-state index contributed by atoms with van der Waals surface area (Å²) >= 11 is 6.01. The van der Waals surface area contributed by atoms with Crippen LogP contribution in [-0.4, -0.2) is 29.2 Å². The molecular formula is C23H19ClN4O5. The van der Waals surface area contributed by atoms with Crippen LogP contribution in [-0.2, 0) is 11.3 Å². The molecule has 0 aromatic heterocycles. The van der Waals surface area contributed by atoms with Gasteiger partial charge in [0.2, 0.25) is 5.91 Å². The van der Waals surface area contributed by atoms with Crippen molar-refractivity contribution in [3.05, 3.63) is 105 Å². The molecule has 3 aromatic carbocycles. The van der Waals surface area contributed by atoms with Crippen molar-refractivity contribution in [3.8, 4) is 0 Å². The highest BCUT2D eigenvalue weighted by atomic mass is 35.5. The molecule has 3 rings (SSSR count). The summed E-state index contributed by atoms with van der Waals surface area (Å²) < 4.78 is 0. The summed E-state index contributed by atoms with van der Waals surface area (Å²) in [5.41, 5.74) is 1.02. The number of nitro groups is 1. The second-order valence-electron chi connectivity index (χ2n) is 6.87. The second kappa shape index (κ2) is 10.9. The molecule has 0 atom stereocenters. The summed E-state index contributed by atoms with van der Waals surface area (Å²) in [6.45, 7) is 0.0836. The Labute approximate surface area is 193 Å². The molecule has 0 saturated carbocycles.